The Balaban J connectivity index is 3.08. The normalized spacial score (nSPS) is 10.8. The first kappa shape index (κ1) is 8.71. The average Bonchev–Trinajstić information content (AvgIpc) is 1.85. The van der Waals surface area contributed by atoms with Gasteiger partial charge in [-0.25, -0.2) is 0 Å². The van der Waals surface area contributed by atoms with Crippen LogP contribution in [-0.4, -0.2) is 13.3 Å². The predicted molar refractivity (Wildman–Crippen MR) is 57.4 cm³/mol. The molecule has 1 nitrogen and oxygen atoms in total. The van der Waals surface area contributed by atoms with E-state index in [0.717, 1.165) is 0 Å². The van der Waals surface area contributed by atoms with E-state index in [1.54, 1.807) is 7.05 Å². The Hall–Kier alpha value is -0.380. The minimum Gasteiger partial charge on any atom is -0.296 e. The maximum absolute atomic E-state index is 3.96. The molecule has 0 aliphatic heterocycles. The average molecular weight is 259 g/mol. The van der Waals surface area contributed by atoms with Crippen molar-refractivity contribution in [1.82, 2.24) is 0 Å². The molecule has 1 aromatic rings. The molecule has 0 saturated carbocycles. The Bertz CT molecular complexity index is 259. The van der Waals surface area contributed by atoms with Crippen molar-refractivity contribution in [3.8, 4) is 0 Å². The summed E-state index contributed by atoms with van der Waals surface area (Å²) >= 11 is 2.31. The molecule has 0 amide bonds. The van der Waals surface area contributed by atoms with Gasteiger partial charge >= 0.3 is 0 Å². The van der Waals surface area contributed by atoms with Gasteiger partial charge in [0.15, 0.2) is 0 Å². The molecule has 11 heavy (non-hydrogen) atoms. The van der Waals surface area contributed by atoms with Gasteiger partial charge < -0.3 is 0 Å². The first-order chi connectivity index (χ1) is 5.22. The third-order valence-corrected chi connectivity index (χ3v) is 1.97. The minimum absolute atomic E-state index is 1.18. The van der Waals surface area contributed by atoms with Crippen molar-refractivity contribution in [2.75, 3.05) is 7.05 Å². The predicted octanol–water partition coefficient (Wildman–Crippen LogP) is 2.65. The molecule has 1 rings (SSSR count). The van der Waals surface area contributed by atoms with Crippen LogP contribution in [0.5, 0.6) is 0 Å². The number of aliphatic imine (C=N–C) groups is 1. The number of halogens is 1. The van der Waals surface area contributed by atoms with E-state index >= 15 is 0 Å². The van der Waals surface area contributed by atoms with Crippen LogP contribution in [0, 0.1) is 10.5 Å². The van der Waals surface area contributed by atoms with Crippen molar-refractivity contribution in [1.29, 1.82) is 0 Å². The van der Waals surface area contributed by atoms with E-state index in [-0.39, 0.29) is 0 Å². The second kappa shape index (κ2) is 3.85. The van der Waals surface area contributed by atoms with E-state index in [1.165, 1.54) is 14.7 Å². The lowest BCUT2D eigenvalue weighted by Gasteiger charge is -1.96. The highest BCUT2D eigenvalue weighted by Gasteiger charge is 1.91. The number of nitrogens with zero attached hydrogens (tertiary/aromatic N) is 1. The van der Waals surface area contributed by atoms with Gasteiger partial charge in [-0.15, -0.1) is 0 Å². The molecule has 0 aliphatic carbocycles. The second-order valence-corrected chi connectivity index (χ2v) is 3.69. The molecule has 2 heteroatoms. The zero-order chi connectivity index (χ0) is 8.27. The van der Waals surface area contributed by atoms with Crippen molar-refractivity contribution in [2.45, 2.75) is 6.92 Å². The first-order valence-corrected chi connectivity index (χ1v) is 4.49. The Morgan fingerprint density at radius 2 is 2.09 bits per heavy atom. The van der Waals surface area contributed by atoms with E-state index in [2.05, 4.69) is 52.7 Å². The lowest BCUT2D eigenvalue weighted by Crippen LogP contribution is -1.84. The molecule has 0 aromatic heterocycles. The Labute approximate surface area is 80.7 Å². The highest BCUT2D eigenvalue weighted by atomic mass is 127. The Morgan fingerprint density at radius 3 is 2.64 bits per heavy atom. The van der Waals surface area contributed by atoms with Gasteiger partial charge in [0, 0.05) is 16.8 Å². The highest BCUT2D eigenvalue weighted by Crippen LogP contribution is 2.09. The quantitative estimate of drug-likeness (QED) is 0.543. The molecule has 0 spiro atoms. The number of hydrogen-bond donors (Lipinski definition) is 0. The van der Waals surface area contributed by atoms with Gasteiger partial charge in [-0.1, -0.05) is 6.07 Å². The molecule has 0 N–H and O–H groups in total. The minimum atomic E-state index is 1.18. The summed E-state index contributed by atoms with van der Waals surface area (Å²) in [6.07, 6.45) is 1.87. The molecule has 1 aromatic carbocycles. The van der Waals surface area contributed by atoms with Crippen molar-refractivity contribution >= 4 is 28.8 Å². The third-order valence-electron chi connectivity index (χ3n) is 1.34. The van der Waals surface area contributed by atoms with Crippen LogP contribution < -0.4 is 0 Å². The summed E-state index contributed by atoms with van der Waals surface area (Å²) in [5, 5.41) is 0. The van der Waals surface area contributed by atoms with E-state index in [1.807, 2.05) is 6.21 Å². The van der Waals surface area contributed by atoms with Gasteiger partial charge in [-0.05, 0) is 52.8 Å². The van der Waals surface area contributed by atoms with Gasteiger partial charge in [-0.2, -0.15) is 0 Å². The number of hydrogen-bond acceptors (Lipinski definition) is 1. The summed E-state index contributed by atoms with van der Waals surface area (Å²) in [6.45, 7) is 2.09. The SMILES string of the molecule is CN=Cc1cc(C)cc(I)c1. The summed E-state index contributed by atoms with van der Waals surface area (Å²) in [4.78, 5) is 3.96. The number of aryl methyl sites for hydroxylation is 1. The summed E-state index contributed by atoms with van der Waals surface area (Å²) in [5.74, 6) is 0. The molecule has 0 fully saturated rings. The second-order valence-electron chi connectivity index (χ2n) is 2.45. The summed E-state index contributed by atoms with van der Waals surface area (Å²) in [5.41, 5.74) is 2.46. The smallest absolute Gasteiger partial charge is 0.0281 e. The zero-order valence-electron chi connectivity index (χ0n) is 6.63. The maximum atomic E-state index is 3.96. The van der Waals surface area contributed by atoms with Crippen LogP contribution in [0.25, 0.3) is 0 Å². The van der Waals surface area contributed by atoms with Crippen LogP contribution in [0.3, 0.4) is 0 Å². The largest absolute Gasteiger partial charge is 0.296 e. The molecular formula is C9H10IN. The van der Waals surface area contributed by atoms with Gasteiger partial charge in [0.2, 0.25) is 0 Å². The van der Waals surface area contributed by atoms with Crippen LogP contribution in [0.15, 0.2) is 23.2 Å². The van der Waals surface area contributed by atoms with Gasteiger partial charge in [0.25, 0.3) is 0 Å². The summed E-state index contributed by atoms with van der Waals surface area (Å²) < 4.78 is 1.26. The molecule has 0 atom stereocenters. The fraction of sp³-hybridized carbons (Fsp3) is 0.222. The Morgan fingerprint density at radius 1 is 1.36 bits per heavy atom. The molecule has 0 bridgehead atoms. The topological polar surface area (TPSA) is 12.4 Å². The van der Waals surface area contributed by atoms with Gasteiger partial charge in [-0.3, -0.25) is 4.99 Å². The van der Waals surface area contributed by atoms with E-state index in [0.29, 0.717) is 0 Å². The standard InChI is InChI=1S/C9H10IN/c1-7-3-8(6-11-2)5-9(10)4-7/h3-6H,1-2H3. The Kier molecular flexibility index (Phi) is 3.05. The summed E-state index contributed by atoms with van der Waals surface area (Å²) in [7, 11) is 1.79. The van der Waals surface area contributed by atoms with Crippen LogP contribution in [0.2, 0.25) is 0 Å². The van der Waals surface area contributed by atoms with Crippen molar-refractivity contribution in [3.05, 3.63) is 32.9 Å². The molecule has 0 radical (unpaired) electrons. The van der Waals surface area contributed by atoms with Crippen LogP contribution in [-0.2, 0) is 0 Å². The monoisotopic (exact) mass is 259 g/mol. The molecule has 0 aliphatic rings. The van der Waals surface area contributed by atoms with Gasteiger partial charge in [0.1, 0.15) is 0 Å². The number of benzene rings is 1. The molecular weight excluding hydrogens is 249 g/mol. The first-order valence-electron chi connectivity index (χ1n) is 3.42. The lowest BCUT2D eigenvalue weighted by atomic mass is 10.2. The molecule has 0 heterocycles. The highest BCUT2D eigenvalue weighted by molar-refractivity contribution is 14.1. The van der Waals surface area contributed by atoms with Crippen molar-refractivity contribution in [2.24, 2.45) is 4.99 Å². The maximum Gasteiger partial charge on any atom is 0.0281 e. The van der Waals surface area contributed by atoms with E-state index in [9.17, 15) is 0 Å². The molecule has 58 valence electrons. The van der Waals surface area contributed by atoms with Crippen LogP contribution in [0.4, 0.5) is 0 Å². The van der Waals surface area contributed by atoms with Crippen LogP contribution in [0.1, 0.15) is 11.1 Å². The van der Waals surface area contributed by atoms with E-state index < -0.39 is 0 Å². The molecule has 0 unspecified atom stereocenters. The lowest BCUT2D eigenvalue weighted by molar-refractivity contribution is 1.42. The molecule has 0 saturated heterocycles. The van der Waals surface area contributed by atoms with Crippen molar-refractivity contribution < 1.29 is 0 Å². The fourth-order valence-electron chi connectivity index (χ4n) is 0.988. The van der Waals surface area contributed by atoms with Crippen LogP contribution >= 0.6 is 22.6 Å². The fourth-order valence-corrected chi connectivity index (χ4v) is 1.84. The van der Waals surface area contributed by atoms with Crippen molar-refractivity contribution in [3.63, 3.8) is 0 Å². The van der Waals surface area contributed by atoms with E-state index in [4.69, 9.17) is 0 Å². The summed E-state index contributed by atoms with van der Waals surface area (Å²) in [6, 6.07) is 6.38. The van der Waals surface area contributed by atoms with Gasteiger partial charge in [0.05, 0.1) is 0 Å². The number of rotatable bonds is 1. The third kappa shape index (κ3) is 2.61. The zero-order valence-corrected chi connectivity index (χ0v) is 8.79.